The second kappa shape index (κ2) is 12.4. The minimum absolute atomic E-state index is 0. The fraction of sp³-hybridized carbons (Fsp3) is 0.882. The van der Waals surface area contributed by atoms with Crippen LogP contribution in [0.5, 0.6) is 0 Å². The fourth-order valence-corrected chi connectivity index (χ4v) is 8.31. The first-order chi connectivity index (χ1) is 13.5. The number of oxime groups is 1. The molecule has 30 heavy (non-hydrogen) atoms. The van der Waals surface area contributed by atoms with Gasteiger partial charge in [-0.25, -0.2) is 4.57 Å². The summed E-state index contributed by atoms with van der Waals surface area (Å²) in [6.45, 7) is 10.7. The summed E-state index contributed by atoms with van der Waals surface area (Å²) in [5, 5.41) is 3.92. The SMILES string of the molecule is CCOC(=O)C(N)CCCCN1C(C)=NOP(=O)(OCC)C(C)(C)P1(=O)OCC.Cl. The number of rotatable bonds is 11. The molecule has 1 aliphatic heterocycles. The maximum atomic E-state index is 14.1. The molecule has 0 bridgehead atoms. The van der Waals surface area contributed by atoms with Crippen LogP contribution in [0.15, 0.2) is 5.16 Å². The summed E-state index contributed by atoms with van der Waals surface area (Å²) in [5.74, 6) is -0.144. The van der Waals surface area contributed by atoms with Gasteiger partial charge in [0.1, 0.15) is 11.9 Å². The van der Waals surface area contributed by atoms with Crippen molar-refractivity contribution in [2.24, 2.45) is 10.9 Å². The molecule has 2 N–H and O–H groups in total. The van der Waals surface area contributed by atoms with Crippen LogP contribution in [0.4, 0.5) is 0 Å². The Kier molecular flexibility index (Phi) is 12.2. The molecule has 13 heteroatoms. The van der Waals surface area contributed by atoms with Gasteiger partial charge in [-0.2, -0.15) is 0 Å². The lowest BCUT2D eigenvalue weighted by atomic mass is 10.1. The Morgan fingerprint density at radius 3 is 2.30 bits per heavy atom. The number of esters is 1. The Hall–Kier alpha value is -0.630. The van der Waals surface area contributed by atoms with Gasteiger partial charge in [0, 0.05) is 6.54 Å². The van der Waals surface area contributed by atoms with Crippen molar-refractivity contribution in [3.8, 4) is 0 Å². The Balaban J connectivity index is 0.00000841. The van der Waals surface area contributed by atoms with Crippen molar-refractivity contribution in [1.29, 1.82) is 0 Å². The number of carbonyl (C=O) groups excluding carboxylic acids is 1. The number of nitrogens with zero attached hydrogens (tertiary/aromatic N) is 2. The van der Waals surface area contributed by atoms with E-state index >= 15 is 0 Å². The average molecular weight is 492 g/mol. The molecule has 0 aromatic carbocycles. The predicted molar refractivity (Wildman–Crippen MR) is 119 cm³/mol. The quantitative estimate of drug-likeness (QED) is 0.255. The molecule has 0 radical (unpaired) electrons. The summed E-state index contributed by atoms with van der Waals surface area (Å²) >= 11 is 0. The normalized spacial score (nSPS) is 26.6. The van der Waals surface area contributed by atoms with Gasteiger partial charge < -0.3 is 19.6 Å². The van der Waals surface area contributed by atoms with Crippen LogP contribution >= 0.6 is 27.5 Å². The standard InChI is InChI=1S/C17H35N3O7P2.ClH/c1-7-24-16(21)15(18)12-10-11-13-20-14(4)19-27-29(23,26-9-3)17(5,6)28(20,22)25-8-2;/h15H,7-13,18H2,1-6H3;1H. The lowest BCUT2D eigenvalue weighted by molar-refractivity contribution is -0.144. The average Bonchev–Trinajstić information content (AvgIpc) is 2.70. The second-order valence-corrected chi connectivity index (χ2v) is 12.8. The Bertz CT molecular complexity index is 690. The molecular formula is C17H36ClN3O7P2. The number of unbranched alkanes of at least 4 members (excludes halogenated alkanes) is 1. The van der Waals surface area contributed by atoms with Gasteiger partial charge in [-0.1, -0.05) is 5.16 Å². The van der Waals surface area contributed by atoms with E-state index < -0.39 is 32.0 Å². The van der Waals surface area contributed by atoms with Gasteiger partial charge in [-0.05, 0) is 60.8 Å². The molecule has 1 aliphatic rings. The van der Waals surface area contributed by atoms with Crippen molar-refractivity contribution in [2.45, 2.75) is 71.7 Å². The first kappa shape index (κ1) is 29.4. The minimum atomic E-state index is -3.86. The zero-order chi connectivity index (χ0) is 22.3. The van der Waals surface area contributed by atoms with Gasteiger partial charge in [0.2, 0.25) is 0 Å². The third kappa shape index (κ3) is 6.21. The highest BCUT2D eigenvalue weighted by Gasteiger charge is 2.63. The van der Waals surface area contributed by atoms with Crippen molar-refractivity contribution < 1.29 is 32.3 Å². The van der Waals surface area contributed by atoms with E-state index in [2.05, 4.69) is 5.16 Å². The third-order valence-electron chi connectivity index (χ3n) is 4.66. The Morgan fingerprint density at radius 2 is 1.77 bits per heavy atom. The number of hydrogen-bond acceptors (Lipinski definition) is 9. The van der Waals surface area contributed by atoms with E-state index in [1.165, 1.54) is 4.67 Å². The van der Waals surface area contributed by atoms with Crippen LogP contribution in [0.1, 0.15) is 60.8 Å². The maximum Gasteiger partial charge on any atom is 0.416 e. The topological polar surface area (TPSA) is 130 Å². The van der Waals surface area contributed by atoms with Gasteiger partial charge in [-0.3, -0.25) is 18.6 Å². The van der Waals surface area contributed by atoms with Gasteiger partial charge in [0.15, 0.2) is 4.90 Å². The third-order valence-corrected chi connectivity index (χ3v) is 11.5. The molecule has 3 unspecified atom stereocenters. The van der Waals surface area contributed by atoms with Crippen molar-refractivity contribution in [3.05, 3.63) is 0 Å². The summed E-state index contributed by atoms with van der Waals surface area (Å²) in [6, 6.07) is -0.703. The van der Waals surface area contributed by atoms with E-state index in [1.54, 1.807) is 41.5 Å². The molecule has 0 spiro atoms. The molecule has 178 valence electrons. The van der Waals surface area contributed by atoms with Gasteiger partial charge >= 0.3 is 21.1 Å². The Labute approximate surface area is 185 Å². The van der Waals surface area contributed by atoms with Gasteiger partial charge in [0.05, 0.1) is 19.8 Å². The van der Waals surface area contributed by atoms with E-state index in [9.17, 15) is 13.9 Å². The summed E-state index contributed by atoms with van der Waals surface area (Å²) in [4.78, 5) is 10.2. The van der Waals surface area contributed by atoms with E-state index in [1.807, 2.05) is 0 Å². The molecule has 0 aliphatic carbocycles. The van der Waals surface area contributed by atoms with E-state index in [0.29, 0.717) is 31.6 Å². The summed E-state index contributed by atoms with van der Waals surface area (Å²) in [5.41, 5.74) is 5.82. The number of nitrogens with two attached hydrogens (primary N) is 1. The van der Waals surface area contributed by atoms with Crippen LogP contribution < -0.4 is 5.73 Å². The van der Waals surface area contributed by atoms with Crippen molar-refractivity contribution in [3.63, 3.8) is 0 Å². The van der Waals surface area contributed by atoms with Crippen molar-refractivity contribution >= 4 is 39.3 Å². The van der Waals surface area contributed by atoms with Crippen LogP contribution in [0.25, 0.3) is 0 Å². The Morgan fingerprint density at radius 1 is 1.17 bits per heavy atom. The second-order valence-electron chi connectivity index (χ2n) is 7.05. The van der Waals surface area contributed by atoms with Crippen LogP contribution in [0, 0.1) is 0 Å². The maximum absolute atomic E-state index is 14.1. The predicted octanol–water partition coefficient (Wildman–Crippen LogP) is 4.33. The van der Waals surface area contributed by atoms with Crippen LogP contribution in [0.3, 0.4) is 0 Å². The number of amidine groups is 1. The van der Waals surface area contributed by atoms with Gasteiger partial charge in [-0.15, -0.1) is 12.4 Å². The molecule has 1 heterocycles. The molecular weight excluding hydrogens is 456 g/mol. The molecule has 1 rings (SSSR count). The number of ether oxygens (including phenoxy) is 1. The molecule has 0 fully saturated rings. The first-order valence-corrected chi connectivity index (χ1v) is 13.1. The number of hydrogen-bond donors (Lipinski definition) is 1. The van der Waals surface area contributed by atoms with E-state index in [0.717, 1.165) is 0 Å². The molecule has 0 aromatic rings. The van der Waals surface area contributed by atoms with E-state index in [4.69, 9.17) is 24.1 Å². The smallest absolute Gasteiger partial charge is 0.416 e. The largest absolute Gasteiger partial charge is 0.465 e. The molecule has 0 saturated heterocycles. The summed E-state index contributed by atoms with van der Waals surface area (Å²) in [7, 11) is -7.56. The van der Waals surface area contributed by atoms with Crippen LogP contribution in [-0.4, -0.2) is 53.8 Å². The van der Waals surface area contributed by atoms with Gasteiger partial charge in [0.25, 0.3) is 0 Å². The zero-order valence-corrected chi connectivity index (χ0v) is 21.3. The minimum Gasteiger partial charge on any atom is -0.465 e. The number of carbonyl (C=O) groups is 1. The van der Waals surface area contributed by atoms with Crippen LogP contribution in [-0.2, 0) is 32.3 Å². The molecule has 0 aromatic heterocycles. The lowest BCUT2D eigenvalue weighted by Crippen LogP contribution is -2.36. The summed E-state index contributed by atoms with van der Waals surface area (Å²) < 4.78 is 50.2. The monoisotopic (exact) mass is 491 g/mol. The molecule has 10 nitrogen and oxygen atoms in total. The zero-order valence-electron chi connectivity index (χ0n) is 18.7. The highest BCUT2D eigenvalue weighted by atomic mass is 35.5. The molecule has 0 saturated carbocycles. The molecule has 0 amide bonds. The van der Waals surface area contributed by atoms with Crippen LogP contribution in [0.2, 0.25) is 0 Å². The first-order valence-electron chi connectivity index (χ1n) is 9.93. The highest BCUT2D eigenvalue weighted by Crippen LogP contribution is 2.79. The fourth-order valence-electron chi connectivity index (χ4n) is 2.94. The summed E-state index contributed by atoms with van der Waals surface area (Å²) in [6.07, 6.45) is 1.59. The highest BCUT2D eigenvalue weighted by molar-refractivity contribution is 7.75. The molecule has 3 atom stereocenters. The van der Waals surface area contributed by atoms with E-state index in [-0.39, 0.29) is 32.2 Å². The number of halogens is 1. The van der Waals surface area contributed by atoms with Crippen molar-refractivity contribution in [1.82, 2.24) is 4.67 Å². The lowest BCUT2D eigenvalue weighted by Gasteiger charge is -2.40. The van der Waals surface area contributed by atoms with Crippen molar-refractivity contribution in [2.75, 3.05) is 26.4 Å².